The molecular formula is C21H22N4O. The van der Waals surface area contributed by atoms with Crippen LogP contribution in [-0.2, 0) is 13.5 Å². The van der Waals surface area contributed by atoms with E-state index in [0.717, 1.165) is 18.4 Å². The van der Waals surface area contributed by atoms with Crippen LogP contribution in [0.25, 0.3) is 11.3 Å². The number of nitrogens with zero attached hydrogens (tertiary/aromatic N) is 3. The van der Waals surface area contributed by atoms with Gasteiger partial charge in [0.05, 0.1) is 5.56 Å². The second-order valence-electron chi connectivity index (χ2n) is 6.80. The van der Waals surface area contributed by atoms with Crippen molar-refractivity contribution in [2.75, 3.05) is 6.54 Å². The van der Waals surface area contributed by atoms with Crippen molar-refractivity contribution in [3.63, 3.8) is 0 Å². The van der Waals surface area contributed by atoms with Gasteiger partial charge in [0.25, 0.3) is 5.91 Å². The van der Waals surface area contributed by atoms with Crippen LogP contribution in [0, 0.1) is 0 Å². The Hall–Kier alpha value is -2.95. The summed E-state index contributed by atoms with van der Waals surface area (Å²) in [5, 5.41) is 7.57. The van der Waals surface area contributed by atoms with Gasteiger partial charge in [0.2, 0.25) is 0 Å². The molecule has 0 saturated heterocycles. The fourth-order valence-electron chi connectivity index (χ4n) is 3.75. The molecule has 1 unspecified atom stereocenters. The average Bonchev–Trinajstić information content (AvgIpc) is 3.08. The molecule has 1 aliphatic carbocycles. The van der Waals surface area contributed by atoms with E-state index in [-0.39, 0.29) is 5.91 Å². The Morgan fingerprint density at radius 3 is 3.00 bits per heavy atom. The quantitative estimate of drug-likeness (QED) is 0.788. The summed E-state index contributed by atoms with van der Waals surface area (Å²) < 4.78 is 1.67. The number of hydrogen-bond donors (Lipinski definition) is 1. The molecule has 0 radical (unpaired) electrons. The minimum absolute atomic E-state index is 0.0833. The van der Waals surface area contributed by atoms with Crippen LogP contribution in [0.15, 0.2) is 55.0 Å². The van der Waals surface area contributed by atoms with Crippen molar-refractivity contribution in [3.05, 3.63) is 71.7 Å². The SMILES string of the molecule is Cn1cc(C(=O)NCC2CCCc3ccccc32)c(-c2cccnc2)n1. The standard InChI is InChI=1S/C21H22N4O/c1-25-14-19(20(24-25)17-9-5-11-22-12-17)21(26)23-13-16-8-4-7-15-6-2-3-10-18(15)16/h2-3,5-6,9-12,14,16H,4,7-8,13H2,1H3,(H,23,26). The molecule has 2 aromatic heterocycles. The lowest BCUT2D eigenvalue weighted by Gasteiger charge is -2.25. The van der Waals surface area contributed by atoms with Crippen molar-refractivity contribution < 1.29 is 4.79 Å². The van der Waals surface area contributed by atoms with E-state index in [1.54, 1.807) is 23.3 Å². The fraction of sp³-hybridized carbons (Fsp3) is 0.286. The van der Waals surface area contributed by atoms with Crippen molar-refractivity contribution >= 4 is 5.91 Å². The van der Waals surface area contributed by atoms with Gasteiger partial charge in [0, 0.05) is 43.7 Å². The number of benzene rings is 1. The number of hydrogen-bond acceptors (Lipinski definition) is 3. The van der Waals surface area contributed by atoms with Crippen LogP contribution in [-0.4, -0.2) is 27.2 Å². The van der Waals surface area contributed by atoms with Crippen molar-refractivity contribution in [1.29, 1.82) is 0 Å². The topological polar surface area (TPSA) is 59.8 Å². The van der Waals surface area contributed by atoms with Crippen LogP contribution in [0.1, 0.15) is 40.2 Å². The number of carbonyl (C=O) groups excluding carboxylic acids is 1. The molecule has 5 heteroatoms. The van der Waals surface area contributed by atoms with Gasteiger partial charge in [-0.15, -0.1) is 0 Å². The van der Waals surface area contributed by atoms with Gasteiger partial charge in [-0.2, -0.15) is 5.10 Å². The number of aryl methyl sites for hydroxylation is 2. The van der Waals surface area contributed by atoms with E-state index in [1.807, 2.05) is 19.2 Å². The van der Waals surface area contributed by atoms with Gasteiger partial charge in [-0.25, -0.2) is 0 Å². The third-order valence-corrected chi connectivity index (χ3v) is 5.01. The molecule has 1 N–H and O–H groups in total. The van der Waals surface area contributed by atoms with Crippen LogP contribution in [0.2, 0.25) is 0 Å². The molecule has 2 heterocycles. The van der Waals surface area contributed by atoms with E-state index >= 15 is 0 Å². The zero-order valence-corrected chi connectivity index (χ0v) is 14.9. The molecular weight excluding hydrogens is 324 g/mol. The maximum Gasteiger partial charge on any atom is 0.255 e. The van der Waals surface area contributed by atoms with Gasteiger partial charge in [-0.1, -0.05) is 24.3 Å². The van der Waals surface area contributed by atoms with Crippen LogP contribution in [0.3, 0.4) is 0 Å². The van der Waals surface area contributed by atoms with E-state index in [4.69, 9.17) is 0 Å². The highest BCUT2D eigenvalue weighted by molar-refractivity contribution is 5.99. The molecule has 4 rings (SSSR count). The van der Waals surface area contributed by atoms with Crippen LogP contribution < -0.4 is 5.32 Å². The summed E-state index contributed by atoms with van der Waals surface area (Å²) in [6, 6.07) is 12.3. The van der Waals surface area contributed by atoms with E-state index < -0.39 is 0 Å². The minimum Gasteiger partial charge on any atom is -0.351 e. The monoisotopic (exact) mass is 346 g/mol. The largest absolute Gasteiger partial charge is 0.351 e. The highest BCUT2D eigenvalue weighted by Gasteiger charge is 2.22. The Morgan fingerprint density at radius 1 is 1.27 bits per heavy atom. The molecule has 26 heavy (non-hydrogen) atoms. The number of aromatic nitrogens is 3. The number of pyridine rings is 1. The lowest BCUT2D eigenvalue weighted by atomic mass is 9.83. The summed E-state index contributed by atoms with van der Waals surface area (Å²) >= 11 is 0. The van der Waals surface area contributed by atoms with Crippen LogP contribution in [0.4, 0.5) is 0 Å². The third kappa shape index (κ3) is 3.25. The number of rotatable bonds is 4. The Balaban J connectivity index is 1.52. The van der Waals surface area contributed by atoms with Crippen molar-refractivity contribution in [2.24, 2.45) is 7.05 Å². The third-order valence-electron chi connectivity index (χ3n) is 5.01. The Kier molecular flexibility index (Phi) is 4.52. The Labute approximate surface area is 153 Å². The van der Waals surface area contributed by atoms with E-state index in [2.05, 4.69) is 39.7 Å². The lowest BCUT2D eigenvalue weighted by Crippen LogP contribution is -2.30. The van der Waals surface area contributed by atoms with Crippen molar-refractivity contribution in [2.45, 2.75) is 25.2 Å². The summed E-state index contributed by atoms with van der Waals surface area (Å²) in [5.74, 6) is 0.294. The highest BCUT2D eigenvalue weighted by Crippen LogP contribution is 2.31. The molecule has 0 bridgehead atoms. The molecule has 3 aromatic rings. The van der Waals surface area contributed by atoms with Crippen LogP contribution >= 0.6 is 0 Å². The number of fused-ring (bicyclic) bond motifs is 1. The maximum absolute atomic E-state index is 12.8. The number of amides is 1. The van der Waals surface area contributed by atoms with Crippen molar-refractivity contribution in [1.82, 2.24) is 20.1 Å². The Bertz CT molecular complexity index is 917. The lowest BCUT2D eigenvalue weighted by molar-refractivity contribution is 0.0951. The van der Waals surface area contributed by atoms with E-state index in [0.29, 0.717) is 23.7 Å². The normalized spacial score (nSPS) is 16.1. The van der Waals surface area contributed by atoms with Gasteiger partial charge >= 0.3 is 0 Å². The second kappa shape index (κ2) is 7.12. The number of nitrogens with one attached hydrogen (secondary N) is 1. The summed E-state index contributed by atoms with van der Waals surface area (Å²) in [6.45, 7) is 0.650. The van der Waals surface area contributed by atoms with Crippen molar-refractivity contribution in [3.8, 4) is 11.3 Å². The fourth-order valence-corrected chi connectivity index (χ4v) is 3.75. The molecule has 1 aromatic carbocycles. The van der Waals surface area contributed by atoms with Gasteiger partial charge in [-0.3, -0.25) is 14.5 Å². The van der Waals surface area contributed by atoms with E-state index in [1.165, 1.54) is 17.5 Å². The first-order valence-corrected chi connectivity index (χ1v) is 9.02. The first-order chi connectivity index (χ1) is 12.7. The predicted octanol–water partition coefficient (Wildman–Crippen LogP) is 3.33. The smallest absolute Gasteiger partial charge is 0.255 e. The molecule has 0 spiro atoms. The van der Waals surface area contributed by atoms with Gasteiger partial charge in [0.1, 0.15) is 5.69 Å². The second-order valence-corrected chi connectivity index (χ2v) is 6.80. The van der Waals surface area contributed by atoms with Gasteiger partial charge in [0.15, 0.2) is 0 Å². The molecule has 0 fully saturated rings. The molecule has 5 nitrogen and oxygen atoms in total. The average molecular weight is 346 g/mol. The zero-order valence-electron chi connectivity index (χ0n) is 14.9. The summed E-state index contributed by atoms with van der Waals surface area (Å²) in [5.41, 5.74) is 4.89. The summed E-state index contributed by atoms with van der Waals surface area (Å²) in [7, 11) is 1.83. The number of carbonyl (C=O) groups is 1. The molecule has 0 saturated carbocycles. The minimum atomic E-state index is -0.0833. The van der Waals surface area contributed by atoms with Gasteiger partial charge in [-0.05, 0) is 42.5 Å². The predicted molar refractivity (Wildman–Crippen MR) is 101 cm³/mol. The molecule has 132 valence electrons. The van der Waals surface area contributed by atoms with Crippen LogP contribution in [0.5, 0.6) is 0 Å². The highest BCUT2D eigenvalue weighted by atomic mass is 16.1. The van der Waals surface area contributed by atoms with E-state index in [9.17, 15) is 4.79 Å². The zero-order chi connectivity index (χ0) is 17.9. The molecule has 1 amide bonds. The maximum atomic E-state index is 12.8. The van der Waals surface area contributed by atoms with Gasteiger partial charge < -0.3 is 5.32 Å². The molecule has 1 aliphatic rings. The summed E-state index contributed by atoms with van der Waals surface area (Å²) in [6.07, 6.45) is 8.63. The molecule has 1 atom stereocenters. The summed E-state index contributed by atoms with van der Waals surface area (Å²) in [4.78, 5) is 17.0. The first-order valence-electron chi connectivity index (χ1n) is 9.02. The molecule has 0 aliphatic heterocycles. The first kappa shape index (κ1) is 16.5. The Morgan fingerprint density at radius 2 is 2.15 bits per heavy atom.